The van der Waals surface area contributed by atoms with Crippen LogP contribution in [0.25, 0.3) is 0 Å². The number of nitrogens with zero attached hydrogens (tertiary/aromatic N) is 4. The fraction of sp³-hybridized carbons (Fsp3) is 0.111. The number of hydrogen-bond acceptors (Lipinski definition) is 6. The molecule has 0 aliphatic heterocycles. The van der Waals surface area contributed by atoms with Gasteiger partial charge in [-0.25, -0.2) is 15.0 Å². The Morgan fingerprint density at radius 2 is 2.13 bits per heavy atom. The summed E-state index contributed by atoms with van der Waals surface area (Å²) in [5.41, 5.74) is 0.269. The second kappa shape index (κ2) is 4.02. The van der Waals surface area contributed by atoms with Crippen molar-refractivity contribution in [3.8, 4) is 6.07 Å². The Morgan fingerprint density at radius 3 is 2.80 bits per heavy atom. The zero-order chi connectivity index (χ0) is 10.7. The van der Waals surface area contributed by atoms with Gasteiger partial charge in [0.05, 0.1) is 0 Å². The third-order valence-electron chi connectivity index (χ3n) is 1.65. The van der Waals surface area contributed by atoms with Gasteiger partial charge in [0.15, 0.2) is 16.6 Å². The molecule has 5 nitrogen and oxygen atoms in total. The Morgan fingerprint density at radius 1 is 1.33 bits per heavy atom. The molecule has 0 bridgehead atoms. The van der Waals surface area contributed by atoms with Crippen molar-refractivity contribution < 1.29 is 0 Å². The van der Waals surface area contributed by atoms with Crippen molar-refractivity contribution in [2.24, 2.45) is 0 Å². The van der Waals surface area contributed by atoms with Gasteiger partial charge in [0.2, 0.25) is 0 Å². The molecule has 0 atom stereocenters. The number of thiazole rings is 1. The van der Waals surface area contributed by atoms with Crippen LogP contribution in [0, 0.1) is 18.3 Å². The number of hydrogen-bond donors (Lipinski definition) is 1. The summed E-state index contributed by atoms with van der Waals surface area (Å²) in [4.78, 5) is 13.1. The van der Waals surface area contributed by atoms with E-state index in [0.717, 1.165) is 4.88 Å². The predicted octanol–water partition coefficient (Wildman–Crippen LogP) is 1.86. The fourth-order valence-electron chi connectivity index (χ4n) is 1.03. The van der Waals surface area contributed by atoms with Crippen molar-refractivity contribution in [2.75, 3.05) is 5.32 Å². The van der Waals surface area contributed by atoms with Gasteiger partial charge in [0, 0.05) is 23.5 Å². The van der Waals surface area contributed by atoms with Crippen LogP contribution in [0.4, 0.5) is 10.9 Å². The molecule has 15 heavy (non-hydrogen) atoms. The van der Waals surface area contributed by atoms with Crippen molar-refractivity contribution in [2.45, 2.75) is 6.92 Å². The van der Waals surface area contributed by atoms with E-state index in [1.54, 1.807) is 6.20 Å². The highest BCUT2D eigenvalue weighted by atomic mass is 32.1. The normalized spacial score (nSPS) is 9.60. The Balaban J connectivity index is 2.28. The molecule has 2 heterocycles. The summed E-state index contributed by atoms with van der Waals surface area (Å²) in [6.45, 7) is 1.96. The summed E-state index contributed by atoms with van der Waals surface area (Å²) in [5, 5.41) is 12.5. The number of rotatable bonds is 2. The van der Waals surface area contributed by atoms with Crippen LogP contribution < -0.4 is 5.32 Å². The highest BCUT2D eigenvalue weighted by molar-refractivity contribution is 7.15. The summed E-state index contributed by atoms with van der Waals surface area (Å²) in [6, 6.07) is 1.96. The van der Waals surface area contributed by atoms with Gasteiger partial charge in [-0.2, -0.15) is 5.26 Å². The zero-order valence-electron chi connectivity index (χ0n) is 7.93. The van der Waals surface area contributed by atoms with Crippen LogP contribution >= 0.6 is 11.3 Å². The van der Waals surface area contributed by atoms with E-state index in [2.05, 4.69) is 20.3 Å². The Labute approximate surface area is 90.5 Å². The third-order valence-corrected chi connectivity index (χ3v) is 2.48. The van der Waals surface area contributed by atoms with Crippen molar-refractivity contribution in [3.05, 3.63) is 29.2 Å². The lowest BCUT2D eigenvalue weighted by atomic mass is 10.4. The molecule has 2 aromatic heterocycles. The third kappa shape index (κ3) is 2.08. The molecule has 1 N–H and O–H groups in total. The molecule has 0 fully saturated rings. The smallest absolute Gasteiger partial charge is 0.188 e. The van der Waals surface area contributed by atoms with E-state index < -0.39 is 0 Å². The van der Waals surface area contributed by atoms with Crippen LogP contribution in [0.1, 0.15) is 10.6 Å². The van der Waals surface area contributed by atoms with Crippen LogP contribution in [0.3, 0.4) is 0 Å². The maximum atomic E-state index is 8.79. The molecule has 0 radical (unpaired) electrons. The first-order valence-corrected chi connectivity index (χ1v) is 5.02. The van der Waals surface area contributed by atoms with Gasteiger partial charge < -0.3 is 5.32 Å². The molecule has 0 saturated carbocycles. The number of nitrogens with one attached hydrogen (secondary N) is 1. The van der Waals surface area contributed by atoms with Crippen LogP contribution in [0.2, 0.25) is 0 Å². The SMILES string of the molecule is Cc1cnc(Nc2nccnc2C#N)s1. The quantitative estimate of drug-likeness (QED) is 0.831. The van der Waals surface area contributed by atoms with E-state index in [0.29, 0.717) is 10.9 Å². The second-order valence-electron chi connectivity index (χ2n) is 2.77. The molecule has 0 aliphatic carbocycles. The molecule has 2 rings (SSSR count). The Kier molecular flexibility index (Phi) is 2.56. The van der Waals surface area contributed by atoms with Gasteiger partial charge in [-0.3, -0.25) is 0 Å². The average Bonchev–Trinajstić information content (AvgIpc) is 2.65. The summed E-state index contributed by atoms with van der Waals surface area (Å²) in [7, 11) is 0. The van der Waals surface area contributed by atoms with Crippen molar-refractivity contribution in [1.82, 2.24) is 15.0 Å². The van der Waals surface area contributed by atoms with Crippen LogP contribution in [-0.2, 0) is 0 Å². The minimum Gasteiger partial charge on any atom is -0.314 e. The van der Waals surface area contributed by atoms with Gasteiger partial charge >= 0.3 is 0 Å². The van der Waals surface area contributed by atoms with E-state index in [-0.39, 0.29) is 5.69 Å². The summed E-state index contributed by atoms with van der Waals surface area (Å²) in [5.74, 6) is 0.439. The lowest BCUT2D eigenvalue weighted by Crippen LogP contribution is -1.97. The molecule has 0 spiro atoms. The first kappa shape index (κ1) is 9.55. The van der Waals surface area contributed by atoms with Gasteiger partial charge in [-0.15, -0.1) is 11.3 Å². The summed E-state index contributed by atoms with van der Waals surface area (Å²) in [6.07, 6.45) is 4.77. The Bertz CT molecular complexity index is 513. The van der Waals surface area contributed by atoms with Gasteiger partial charge in [-0.05, 0) is 6.92 Å². The monoisotopic (exact) mass is 217 g/mol. The van der Waals surface area contributed by atoms with Crippen molar-refractivity contribution >= 4 is 22.3 Å². The maximum Gasteiger partial charge on any atom is 0.188 e. The number of nitriles is 1. The minimum absolute atomic E-state index is 0.269. The zero-order valence-corrected chi connectivity index (χ0v) is 8.75. The molecule has 0 amide bonds. The number of aromatic nitrogens is 3. The van der Waals surface area contributed by atoms with Gasteiger partial charge in [-0.1, -0.05) is 0 Å². The minimum atomic E-state index is 0.269. The topological polar surface area (TPSA) is 74.5 Å². The fourth-order valence-corrected chi connectivity index (χ4v) is 1.69. The molecule has 74 valence electrons. The number of aryl methyl sites for hydroxylation is 1. The molecular formula is C9H7N5S. The summed E-state index contributed by atoms with van der Waals surface area (Å²) < 4.78 is 0. The maximum absolute atomic E-state index is 8.79. The summed E-state index contributed by atoms with van der Waals surface area (Å²) >= 11 is 1.50. The second-order valence-corrected chi connectivity index (χ2v) is 4.00. The molecule has 0 aromatic carbocycles. The largest absolute Gasteiger partial charge is 0.314 e. The van der Waals surface area contributed by atoms with E-state index in [1.165, 1.54) is 23.7 Å². The molecule has 0 saturated heterocycles. The van der Waals surface area contributed by atoms with E-state index in [9.17, 15) is 0 Å². The lowest BCUT2D eigenvalue weighted by molar-refractivity contribution is 1.16. The molecule has 0 unspecified atom stereocenters. The van der Waals surface area contributed by atoms with E-state index in [4.69, 9.17) is 5.26 Å². The molecule has 6 heteroatoms. The predicted molar refractivity (Wildman–Crippen MR) is 56.9 cm³/mol. The van der Waals surface area contributed by atoms with Gasteiger partial charge in [0.25, 0.3) is 0 Å². The standard InChI is InChI=1S/C9H7N5S/c1-6-5-13-9(15-6)14-8-7(4-10)11-2-3-12-8/h2-3,5H,1H3,(H,12,13,14). The molecule has 0 aliphatic rings. The van der Waals surface area contributed by atoms with Crippen molar-refractivity contribution in [1.29, 1.82) is 5.26 Å². The first-order chi connectivity index (χ1) is 7.29. The van der Waals surface area contributed by atoms with Crippen LogP contribution in [0.15, 0.2) is 18.6 Å². The molecular weight excluding hydrogens is 210 g/mol. The first-order valence-electron chi connectivity index (χ1n) is 4.20. The average molecular weight is 217 g/mol. The number of anilines is 2. The van der Waals surface area contributed by atoms with Crippen LogP contribution in [0.5, 0.6) is 0 Å². The molecule has 2 aromatic rings. The van der Waals surface area contributed by atoms with E-state index in [1.807, 2.05) is 13.0 Å². The highest BCUT2D eigenvalue weighted by Crippen LogP contribution is 2.21. The van der Waals surface area contributed by atoms with Crippen LogP contribution in [-0.4, -0.2) is 15.0 Å². The van der Waals surface area contributed by atoms with E-state index >= 15 is 0 Å². The Hall–Kier alpha value is -2.00. The van der Waals surface area contributed by atoms with Crippen molar-refractivity contribution in [3.63, 3.8) is 0 Å². The van der Waals surface area contributed by atoms with Gasteiger partial charge in [0.1, 0.15) is 6.07 Å². The lowest BCUT2D eigenvalue weighted by Gasteiger charge is -2.01. The highest BCUT2D eigenvalue weighted by Gasteiger charge is 2.05.